The minimum atomic E-state index is -2.92. The molecule has 0 fully saturated rings. The van der Waals surface area contributed by atoms with Gasteiger partial charge < -0.3 is 19.0 Å². The molecule has 0 spiro atoms. The number of methoxy groups -OCH3 is 1. The van der Waals surface area contributed by atoms with Crippen LogP contribution in [0.2, 0.25) is 5.04 Å². The number of benzene rings is 3. The summed E-state index contributed by atoms with van der Waals surface area (Å²) in [5, 5.41) is 11.8. The Labute approximate surface area is 222 Å². The van der Waals surface area contributed by atoms with Gasteiger partial charge in [-0.15, -0.1) is 0 Å². The van der Waals surface area contributed by atoms with E-state index in [0.717, 1.165) is 10.4 Å². The zero-order valence-electron chi connectivity index (χ0n) is 21.9. The molecule has 0 bridgehead atoms. The summed E-state index contributed by atoms with van der Waals surface area (Å²) in [6.45, 7) is 6.18. The molecular formula is C29H33F3O5Si. The SMILES string of the molecule is COCOC(CCO[Si](c1ccccc1)(c1ccccc1)C(C)(C)C)C(C(=O)O)c1cc(F)c(F)c(F)c1. The minimum absolute atomic E-state index is 0.0748. The maximum atomic E-state index is 14.0. The number of carboxylic acid groups (broad SMARTS) is 1. The fraction of sp³-hybridized carbons (Fsp3) is 0.345. The summed E-state index contributed by atoms with van der Waals surface area (Å²) in [5.41, 5.74) is -0.250. The summed E-state index contributed by atoms with van der Waals surface area (Å²) in [5.74, 6) is -7.47. The van der Waals surface area contributed by atoms with E-state index in [2.05, 4.69) is 20.8 Å². The number of hydrogen-bond donors (Lipinski definition) is 1. The highest BCUT2D eigenvalue weighted by atomic mass is 28.4. The number of aliphatic carboxylic acids is 1. The zero-order chi connectivity index (χ0) is 27.9. The molecule has 204 valence electrons. The van der Waals surface area contributed by atoms with Gasteiger partial charge in [0.05, 0.1) is 6.10 Å². The molecule has 9 heteroatoms. The van der Waals surface area contributed by atoms with Crippen molar-refractivity contribution in [1.29, 1.82) is 0 Å². The van der Waals surface area contributed by atoms with Gasteiger partial charge in [-0.3, -0.25) is 4.79 Å². The summed E-state index contributed by atoms with van der Waals surface area (Å²) in [7, 11) is -1.54. The van der Waals surface area contributed by atoms with Crippen molar-refractivity contribution in [2.45, 2.75) is 44.3 Å². The van der Waals surface area contributed by atoms with Crippen LogP contribution in [0, 0.1) is 17.5 Å². The second-order valence-corrected chi connectivity index (χ2v) is 14.3. The summed E-state index contributed by atoms with van der Waals surface area (Å²) >= 11 is 0. The van der Waals surface area contributed by atoms with Crippen LogP contribution >= 0.6 is 0 Å². The van der Waals surface area contributed by atoms with Crippen LogP contribution < -0.4 is 10.4 Å². The van der Waals surface area contributed by atoms with Crippen LogP contribution in [0.15, 0.2) is 72.8 Å². The van der Waals surface area contributed by atoms with Gasteiger partial charge in [0.15, 0.2) is 17.5 Å². The summed E-state index contributed by atoms with van der Waals surface area (Å²) in [6.07, 6.45) is -0.999. The van der Waals surface area contributed by atoms with E-state index in [1.807, 2.05) is 60.7 Å². The predicted molar refractivity (Wildman–Crippen MR) is 142 cm³/mol. The van der Waals surface area contributed by atoms with E-state index in [1.54, 1.807) is 0 Å². The Bertz CT molecular complexity index is 1140. The van der Waals surface area contributed by atoms with Gasteiger partial charge in [0.1, 0.15) is 12.7 Å². The van der Waals surface area contributed by atoms with Crippen LogP contribution in [0.25, 0.3) is 0 Å². The smallest absolute Gasteiger partial charge is 0.313 e. The van der Waals surface area contributed by atoms with Gasteiger partial charge in [0.2, 0.25) is 0 Å². The van der Waals surface area contributed by atoms with E-state index in [1.165, 1.54) is 7.11 Å². The van der Waals surface area contributed by atoms with E-state index >= 15 is 0 Å². The molecule has 0 aliphatic rings. The van der Waals surface area contributed by atoms with E-state index in [9.17, 15) is 23.1 Å². The standard InChI is InChI=1S/C29H33F3O5Si/c1-29(2,3)38(21-11-7-5-8-12-21,22-13-9-6-10-14-22)37-16-15-25(36-19-35-4)26(28(33)34)20-17-23(30)27(32)24(31)18-20/h5-14,17-18,25-26H,15-16,19H2,1-4H3,(H,33,34). The first-order valence-corrected chi connectivity index (χ1v) is 14.2. The average molecular weight is 547 g/mol. The van der Waals surface area contributed by atoms with Crippen LogP contribution in [0.1, 0.15) is 38.7 Å². The van der Waals surface area contributed by atoms with E-state index in [4.69, 9.17) is 13.9 Å². The Balaban J connectivity index is 1.99. The Morgan fingerprint density at radius 1 is 0.921 bits per heavy atom. The largest absolute Gasteiger partial charge is 0.481 e. The van der Waals surface area contributed by atoms with E-state index in [0.29, 0.717) is 12.1 Å². The minimum Gasteiger partial charge on any atom is -0.481 e. The Kier molecular flexibility index (Phi) is 9.89. The third-order valence-corrected chi connectivity index (χ3v) is 11.6. The summed E-state index contributed by atoms with van der Waals surface area (Å²) in [4.78, 5) is 12.3. The molecule has 0 aromatic heterocycles. The summed E-state index contributed by atoms with van der Waals surface area (Å²) in [6, 6.07) is 21.2. The first-order valence-electron chi connectivity index (χ1n) is 12.3. The lowest BCUT2D eigenvalue weighted by molar-refractivity contribution is -0.147. The molecule has 2 unspecified atom stereocenters. The molecule has 0 radical (unpaired) electrons. The van der Waals surface area contributed by atoms with Gasteiger partial charge in [0.25, 0.3) is 8.32 Å². The molecule has 0 aliphatic heterocycles. The third-order valence-electron chi connectivity index (χ3n) is 6.54. The number of carbonyl (C=O) groups is 1. The molecule has 0 saturated carbocycles. The predicted octanol–water partition coefficient (Wildman–Crippen LogP) is 5.23. The van der Waals surface area contributed by atoms with Gasteiger partial charge in [-0.25, -0.2) is 13.2 Å². The van der Waals surface area contributed by atoms with E-state index < -0.39 is 43.8 Å². The second kappa shape index (κ2) is 12.7. The van der Waals surface area contributed by atoms with Crippen molar-refractivity contribution >= 4 is 24.7 Å². The van der Waals surface area contributed by atoms with Crippen LogP contribution in [-0.2, 0) is 18.7 Å². The molecule has 38 heavy (non-hydrogen) atoms. The number of carboxylic acids is 1. The summed E-state index contributed by atoms with van der Waals surface area (Å²) < 4.78 is 59.1. The Morgan fingerprint density at radius 2 is 1.42 bits per heavy atom. The third kappa shape index (κ3) is 6.35. The normalized spacial score (nSPS) is 13.8. The van der Waals surface area contributed by atoms with Gasteiger partial charge in [-0.05, 0) is 39.5 Å². The van der Waals surface area contributed by atoms with Crippen molar-refractivity contribution < 1.29 is 37.0 Å². The molecule has 3 aromatic carbocycles. The molecule has 0 amide bonds. The highest BCUT2D eigenvalue weighted by Crippen LogP contribution is 2.37. The molecule has 3 rings (SSSR count). The van der Waals surface area contributed by atoms with Gasteiger partial charge >= 0.3 is 5.97 Å². The Hall–Kier alpha value is -2.98. The number of hydrogen-bond acceptors (Lipinski definition) is 4. The zero-order valence-corrected chi connectivity index (χ0v) is 22.9. The van der Waals surface area contributed by atoms with Crippen molar-refractivity contribution in [3.63, 3.8) is 0 Å². The van der Waals surface area contributed by atoms with Crippen molar-refractivity contribution in [3.8, 4) is 0 Å². The van der Waals surface area contributed by atoms with Crippen molar-refractivity contribution in [2.75, 3.05) is 20.5 Å². The fourth-order valence-electron chi connectivity index (χ4n) is 4.86. The van der Waals surface area contributed by atoms with Gasteiger partial charge in [0, 0.05) is 13.7 Å². The Morgan fingerprint density at radius 3 is 1.84 bits per heavy atom. The molecule has 5 nitrogen and oxygen atoms in total. The topological polar surface area (TPSA) is 65.0 Å². The highest BCUT2D eigenvalue weighted by Gasteiger charge is 2.50. The van der Waals surface area contributed by atoms with E-state index in [-0.39, 0.29) is 30.4 Å². The highest BCUT2D eigenvalue weighted by molar-refractivity contribution is 6.99. The molecule has 1 N–H and O–H groups in total. The molecule has 2 atom stereocenters. The van der Waals surface area contributed by atoms with Crippen molar-refractivity contribution in [1.82, 2.24) is 0 Å². The van der Waals surface area contributed by atoms with Gasteiger partial charge in [-0.2, -0.15) is 0 Å². The lowest BCUT2D eigenvalue weighted by Crippen LogP contribution is -2.66. The first kappa shape index (κ1) is 29.6. The number of rotatable bonds is 12. The fourth-order valence-corrected chi connectivity index (χ4v) is 9.44. The van der Waals surface area contributed by atoms with Gasteiger partial charge in [-0.1, -0.05) is 81.4 Å². The molecule has 3 aromatic rings. The van der Waals surface area contributed by atoms with Crippen LogP contribution in [-0.4, -0.2) is 46.0 Å². The number of ether oxygens (including phenoxy) is 2. The van der Waals surface area contributed by atoms with Crippen LogP contribution in [0.5, 0.6) is 0 Å². The molecular weight excluding hydrogens is 513 g/mol. The lowest BCUT2D eigenvalue weighted by Gasteiger charge is -2.43. The second-order valence-electron chi connectivity index (χ2n) is 10.0. The average Bonchev–Trinajstić information content (AvgIpc) is 2.88. The maximum Gasteiger partial charge on any atom is 0.313 e. The molecule has 0 heterocycles. The van der Waals surface area contributed by atoms with Crippen LogP contribution in [0.3, 0.4) is 0 Å². The van der Waals surface area contributed by atoms with Crippen molar-refractivity contribution in [3.05, 3.63) is 95.8 Å². The lowest BCUT2D eigenvalue weighted by atomic mass is 9.91. The number of halogens is 3. The quantitative estimate of drug-likeness (QED) is 0.192. The molecule has 0 aliphatic carbocycles. The van der Waals surface area contributed by atoms with Crippen LogP contribution in [0.4, 0.5) is 13.2 Å². The molecule has 0 saturated heterocycles. The first-order chi connectivity index (χ1) is 18.0. The van der Waals surface area contributed by atoms with Crippen molar-refractivity contribution in [2.24, 2.45) is 0 Å². The maximum absolute atomic E-state index is 14.0. The monoisotopic (exact) mass is 546 g/mol.